The lowest BCUT2D eigenvalue weighted by atomic mass is 10.1. The number of aliphatic carboxylic acids is 1. The lowest BCUT2D eigenvalue weighted by Crippen LogP contribution is -2.36. The Kier molecular flexibility index (Phi) is 5.73. The maximum atomic E-state index is 12.8. The van der Waals surface area contributed by atoms with E-state index >= 15 is 0 Å². The van der Waals surface area contributed by atoms with Crippen molar-refractivity contribution in [1.29, 1.82) is 0 Å². The molecular weight excluding hydrogens is 306 g/mol. The third kappa shape index (κ3) is 4.22. The average molecular weight is 329 g/mol. The summed E-state index contributed by atoms with van der Waals surface area (Å²) in [7, 11) is 0. The highest BCUT2D eigenvalue weighted by Gasteiger charge is 2.22. The summed E-state index contributed by atoms with van der Waals surface area (Å²) >= 11 is 0. The first-order valence-electron chi connectivity index (χ1n) is 8.01. The van der Waals surface area contributed by atoms with Crippen LogP contribution in [-0.4, -0.2) is 44.8 Å². The molecule has 0 aliphatic heterocycles. The number of aromatic nitrogens is 2. The zero-order valence-corrected chi connectivity index (χ0v) is 14.3. The van der Waals surface area contributed by atoms with Crippen LogP contribution in [-0.2, 0) is 4.79 Å². The fourth-order valence-corrected chi connectivity index (χ4v) is 2.57. The maximum absolute atomic E-state index is 12.8. The Bertz CT molecular complexity index is 708. The molecule has 0 unspecified atom stereocenters. The van der Waals surface area contributed by atoms with E-state index in [4.69, 9.17) is 5.11 Å². The molecule has 128 valence electrons. The average Bonchev–Trinajstić information content (AvgIpc) is 2.92. The van der Waals surface area contributed by atoms with Gasteiger partial charge in [-0.1, -0.05) is 32.0 Å². The van der Waals surface area contributed by atoms with E-state index in [1.165, 1.54) is 0 Å². The number of amides is 1. The largest absolute Gasteiger partial charge is 0.481 e. The second-order valence-electron chi connectivity index (χ2n) is 6.18. The SMILES string of the molecule is Cc1c(C(=O)N(CCC(=O)O)CC(C)C)cnn1-c1ccccc1. The summed E-state index contributed by atoms with van der Waals surface area (Å²) in [5, 5.41) is 13.2. The number of carboxylic acids is 1. The van der Waals surface area contributed by atoms with Crippen molar-refractivity contribution >= 4 is 11.9 Å². The minimum absolute atomic E-state index is 0.0651. The summed E-state index contributed by atoms with van der Waals surface area (Å²) in [6.07, 6.45) is 1.49. The van der Waals surface area contributed by atoms with Gasteiger partial charge in [0.15, 0.2) is 0 Å². The van der Waals surface area contributed by atoms with Gasteiger partial charge in [0.2, 0.25) is 0 Å². The van der Waals surface area contributed by atoms with Gasteiger partial charge in [-0.15, -0.1) is 0 Å². The van der Waals surface area contributed by atoms with Crippen LogP contribution < -0.4 is 0 Å². The maximum Gasteiger partial charge on any atom is 0.305 e. The Morgan fingerprint density at radius 1 is 1.25 bits per heavy atom. The third-order valence-electron chi connectivity index (χ3n) is 3.71. The molecule has 6 nitrogen and oxygen atoms in total. The molecule has 0 aliphatic carbocycles. The van der Waals surface area contributed by atoms with Crippen molar-refractivity contribution in [3.8, 4) is 5.69 Å². The van der Waals surface area contributed by atoms with Gasteiger partial charge in [-0.3, -0.25) is 9.59 Å². The van der Waals surface area contributed by atoms with E-state index in [-0.39, 0.29) is 24.8 Å². The van der Waals surface area contributed by atoms with Crippen LogP contribution in [0, 0.1) is 12.8 Å². The Hall–Kier alpha value is -2.63. The van der Waals surface area contributed by atoms with E-state index in [2.05, 4.69) is 5.10 Å². The van der Waals surface area contributed by atoms with Gasteiger partial charge < -0.3 is 10.0 Å². The predicted octanol–water partition coefficient (Wildman–Crippen LogP) is 2.75. The summed E-state index contributed by atoms with van der Waals surface area (Å²) in [6.45, 7) is 6.56. The lowest BCUT2D eigenvalue weighted by Gasteiger charge is -2.23. The van der Waals surface area contributed by atoms with E-state index in [0.717, 1.165) is 11.4 Å². The first-order valence-corrected chi connectivity index (χ1v) is 8.01. The second kappa shape index (κ2) is 7.77. The minimum atomic E-state index is -0.909. The molecule has 1 aromatic carbocycles. The molecule has 1 heterocycles. The summed E-state index contributed by atoms with van der Waals surface area (Å²) in [4.78, 5) is 25.3. The lowest BCUT2D eigenvalue weighted by molar-refractivity contribution is -0.137. The molecule has 0 radical (unpaired) electrons. The van der Waals surface area contributed by atoms with Gasteiger partial charge in [0.05, 0.1) is 29.6 Å². The van der Waals surface area contributed by atoms with Crippen molar-refractivity contribution < 1.29 is 14.7 Å². The Labute approximate surface area is 141 Å². The van der Waals surface area contributed by atoms with E-state index in [1.54, 1.807) is 15.8 Å². The normalized spacial score (nSPS) is 10.8. The van der Waals surface area contributed by atoms with Gasteiger partial charge in [-0.2, -0.15) is 5.10 Å². The monoisotopic (exact) mass is 329 g/mol. The van der Waals surface area contributed by atoms with Crippen LogP contribution in [0.5, 0.6) is 0 Å². The number of carbonyl (C=O) groups excluding carboxylic acids is 1. The molecule has 2 aromatic rings. The van der Waals surface area contributed by atoms with E-state index in [1.807, 2.05) is 51.1 Å². The first-order chi connectivity index (χ1) is 11.4. The second-order valence-corrected chi connectivity index (χ2v) is 6.18. The van der Waals surface area contributed by atoms with Crippen molar-refractivity contribution in [3.63, 3.8) is 0 Å². The van der Waals surface area contributed by atoms with Crippen LogP contribution in [0.3, 0.4) is 0 Å². The molecule has 0 atom stereocenters. The Balaban J connectivity index is 2.26. The van der Waals surface area contributed by atoms with Gasteiger partial charge in [0, 0.05) is 13.1 Å². The van der Waals surface area contributed by atoms with Crippen LogP contribution in [0.2, 0.25) is 0 Å². The summed E-state index contributed by atoms with van der Waals surface area (Å²) in [5.41, 5.74) is 2.13. The molecule has 0 aliphatic rings. The van der Waals surface area contributed by atoms with Crippen molar-refractivity contribution in [2.45, 2.75) is 27.2 Å². The molecule has 0 bridgehead atoms. The summed E-state index contributed by atoms with van der Waals surface area (Å²) in [5.74, 6) is -0.829. The molecule has 24 heavy (non-hydrogen) atoms. The van der Waals surface area contributed by atoms with Gasteiger partial charge in [0.1, 0.15) is 0 Å². The highest BCUT2D eigenvalue weighted by atomic mass is 16.4. The van der Waals surface area contributed by atoms with E-state index in [0.29, 0.717) is 12.1 Å². The molecule has 0 saturated heterocycles. The van der Waals surface area contributed by atoms with Gasteiger partial charge in [-0.05, 0) is 25.0 Å². The Morgan fingerprint density at radius 2 is 1.92 bits per heavy atom. The first kappa shape index (κ1) is 17.7. The molecular formula is C18H23N3O3. The molecule has 0 spiro atoms. The number of para-hydroxylation sites is 1. The van der Waals surface area contributed by atoms with Gasteiger partial charge in [0.25, 0.3) is 5.91 Å². The van der Waals surface area contributed by atoms with E-state index < -0.39 is 5.97 Å². The number of benzene rings is 1. The zero-order valence-electron chi connectivity index (χ0n) is 14.3. The predicted molar refractivity (Wildman–Crippen MR) is 91.3 cm³/mol. The summed E-state index contributed by atoms with van der Waals surface area (Å²) < 4.78 is 1.72. The third-order valence-corrected chi connectivity index (χ3v) is 3.71. The Morgan fingerprint density at radius 3 is 2.50 bits per heavy atom. The van der Waals surface area contributed by atoms with Crippen LogP contribution in [0.25, 0.3) is 5.69 Å². The number of hydrogen-bond donors (Lipinski definition) is 1. The molecule has 0 saturated carbocycles. The number of nitrogens with zero attached hydrogens (tertiary/aromatic N) is 3. The van der Waals surface area contributed by atoms with Crippen molar-refractivity contribution in [2.75, 3.05) is 13.1 Å². The van der Waals surface area contributed by atoms with Crippen LogP contribution in [0.4, 0.5) is 0 Å². The number of hydrogen-bond acceptors (Lipinski definition) is 3. The van der Waals surface area contributed by atoms with Crippen LogP contribution in [0.1, 0.15) is 36.3 Å². The number of carbonyl (C=O) groups is 2. The van der Waals surface area contributed by atoms with Crippen molar-refractivity contribution in [3.05, 3.63) is 47.8 Å². The smallest absolute Gasteiger partial charge is 0.305 e. The highest BCUT2D eigenvalue weighted by molar-refractivity contribution is 5.95. The van der Waals surface area contributed by atoms with E-state index in [9.17, 15) is 9.59 Å². The standard InChI is InChI=1S/C18H23N3O3/c1-13(2)12-20(10-9-17(22)23)18(24)16-11-19-21(14(16)3)15-7-5-4-6-8-15/h4-8,11,13H,9-10,12H2,1-3H3,(H,22,23). The zero-order chi connectivity index (χ0) is 17.7. The van der Waals surface area contributed by atoms with Crippen LogP contribution >= 0.6 is 0 Å². The fourth-order valence-electron chi connectivity index (χ4n) is 2.57. The fraction of sp³-hybridized carbons (Fsp3) is 0.389. The number of rotatable bonds is 7. The molecule has 2 rings (SSSR count). The van der Waals surface area contributed by atoms with Gasteiger partial charge >= 0.3 is 5.97 Å². The highest BCUT2D eigenvalue weighted by Crippen LogP contribution is 2.16. The molecule has 6 heteroatoms. The van der Waals surface area contributed by atoms with Gasteiger partial charge in [-0.25, -0.2) is 4.68 Å². The topological polar surface area (TPSA) is 75.4 Å². The quantitative estimate of drug-likeness (QED) is 0.847. The van der Waals surface area contributed by atoms with Crippen LogP contribution in [0.15, 0.2) is 36.5 Å². The molecule has 0 fully saturated rings. The van der Waals surface area contributed by atoms with Crippen molar-refractivity contribution in [1.82, 2.24) is 14.7 Å². The number of carboxylic acid groups (broad SMARTS) is 1. The molecule has 1 N–H and O–H groups in total. The molecule has 1 aromatic heterocycles. The summed E-state index contributed by atoms with van der Waals surface area (Å²) in [6, 6.07) is 9.59. The molecule has 1 amide bonds. The minimum Gasteiger partial charge on any atom is -0.481 e. The van der Waals surface area contributed by atoms with Crippen molar-refractivity contribution in [2.24, 2.45) is 5.92 Å².